The summed E-state index contributed by atoms with van der Waals surface area (Å²) in [7, 11) is 0. The van der Waals surface area contributed by atoms with E-state index in [2.05, 4.69) is 20.1 Å². The molecule has 1 aromatic carbocycles. The Morgan fingerprint density at radius 1 is 1.13 bits per heavy atom. The lowest BCUT2D eigenvalue weighted by Crippen LogP contribution is -2.26. The van der Waals surface area contributed by atoms with Crippen LogP contribution < -0.4 is 17.2 Å². The van der Waals surface area contributed by atoms with E-state index in [1.807, 2.05) is 43.3 Å². The van der Waals surface area contributed by atoms with Crippen LogP contribution in [-0.4, -0.2) is 26.5 Å². The number of nitrogens with zero attached hydrogens (tertiary/aromatic N) is 5. The first kappa shape index (κ1) is 14.5. The Balaban J connectivity index is 2.07. The molecule has 3 rings (SSSR count). The molecule has 3 aromatic rings. The molecule has 6 N–H and O–H groups in total. The van der Waals surface area contributed by atoms with Crippen molar-refractivity contribution in [3.05, 3.63) is 48.3 Å². The minimum atomic E-state index is -0.134. The number of rotatable bonds is 2. The largest absolute Gasteiger partial charge is 0.370 e. The molecule has 0 atom stereocenters. The molecule has 0 aliphatic carbocycles. The second-order valence-electron chi connectivity index (χ2n) is 4.94. The van der Waals surface area contributed by atoms with E-state index in [0.29, 0.717) is 5.69 Å². The van der Waals surface area contributed by atoms with Gasteiger partial charge in [-0.2, -0.15) is 10.1 Å². The molecule has 116 valence electrons. The molecule has 0 radical (unpaired) electrons. The van der Waals surface area contributed by atoms with Crippen LogP contribution >= 0.6 is 0 Å². The highest BCUT2D eigenvalue weighted by atomic mass is 15.3. The highest BCUT2D eigenvalue weighted by Gasteiger charge is 2.07. The quantitative estimate of drug-likeness (QED) is 0.478. The van der Waals surface area contributed by atoms with Crippen molar-refractivity contribution >= 4 is 23.3 Å². The third-order valence-corrected chi connectivity index (χ3v) is 3.11. The van der Waals surface area contributed by atoms with E-state index >= 15 is 0 Å². The monoisotopic (exact) mass is 308 g/mol. The summed E-state index contributed by atoms with van der Waals surface area (Å²) in [5, 5.41) is 4.46. The Morgan fingerprint density at radius 2 is 1.96 bits per heavy atom. The molecule has 2 aromatic heterocycles. The van der Waals surface area contributed by atoms with Crippen LogP contribution in [0.1, 0.15) is 5.69 Å². The molecule has 8 heteroatoms. The second-order valence-corrected chi connectivity index (χ2v) is 4.94. The van der Waals surface area contributed by atoms with Crippen LogP contribution in [0, 0.1) is 6.92 Å². The first-order valence-electron chi connectivity index (χ1n) is 6.88. The number of benzene rings is 1. The smallest absolute Gasteiger partial charge is 0.223 e. The predicted octanol–water partition coefficient (Wildman–Crippen LogP) is 0.924. The van der Waals surface area contributed by atoms with Gasteiger partial charge in [-0.25, -0.2) is 14.5 Å². The summed E-state index contributed by atoms with van der Waals surface area (Å²) >= 11 is 0. The van der Waals surface area contributed by atoms with Crippen LogP contribution in [0.25, 0.3) is 16.9 Å². The fourth-order valence-corrected chi connectivity index (χ4v) is 2.25. The third kappa shape index (κ3) is 3.10. The zero-order valence-corrected chi connectivity index (χ0v) is 12.5. The van der Waals surface area contributed by atoms with Crippen LogP contribution in [0.5, 0.6) is 0 Å². The number of nitrogens with two attached hydrogens (primary N) is 3. The fraction of sp³-hybridized carbons (Fsp3) is 0.0667. The molecule has 0 bridgehead atoms. The van der Waals surface area contributed by atoms with Crippen LogP contribution in [-0.2, 0) is 0 Å². The highest BCUT2D eigenvalue weighted by Crippen LogP contribution is 2.24. The Kier molecular flexibility index (Phi) is 3.63. The Labute approximate surface area is 132 Å². The van der Waals surface area contributed by atoms with Crippen molar-refractivity contribution in [1.29, 1.82) is 0 Å². The standard InChI is InChI=1S/C15H16N8/c1-9-7-13-19-6-5-12(23(13)22-9)10-3-2-4-11(8-10)20-15(18)21-14(16)17/h2-8H,1H3,(H6,16,17,18,20,21). The molecule has 0 amide bonds. The number of aliphatic imine (C=N–C) groups is 2. The topological polar surface area (TPSA) is 133 Å². The molecule has 0 unspecified atom stereocenters. The van der Waals surface area contributed by atoms with Crippen molar-refractivity contribution < 1.29 is 0 Å². The summed E-state index contributed by atoms with van der Waals surface area (Å²) in [4.78, 5) is 12.2. The summed E-state index contributed by atoms with van der Waals surface area (Å²) in [6.07, 6.45) is 1.75. The number of hydrogen-bond acceptors (Lipinski definition) is 3. The van der Waals surface area contributed by atoms with E-state index in [1.54, 1.807) is 10.7 Å². The van der Waals surface area contributed by atoms with Gasteiger partial charge in [0, 0.05) is 17.8 Å². The average Bonchev–Trinajstić information content (AvgIpc) is 2.86. The molecule has 8 nitrogen and oxygen atoms in total. The molecular formula is C15H16N8. The summed E-state index contributed by atoms with van der Waals surface area (Å²) in [6.45, 7) is 1.93. The van der Waals surface area contributed by atoms with Crippen molar-refractivity contribution in [2.24, 2.45) is 27.2 Å². The third-order valence-electron chi connectivity index (χ3n) is 3.11. The van der Waals surface area contributed by atoms with Crippen molar-refractivity contribution in [2.45, 2.75) is 6.92 Å². The van der Waals surface area contributed by atoms with Crippen LogP contribution in [0.4, 0.5) is 5.69 Å². The zero-order valence-electron chi connectivity index (χ0n) is 12.5. The van der Waals surface area contributed by atoms with Gasteiger partial charge in [-0.1, -0.05) is 12.1 Å². The van der Waals surface area contributed by atoms with Gasteiger partial charge in [0.25, 0.3) is 0 Å². The fourth-order valence-electron chi connectivity index (χ4n) is 2.25. The van der Waals surface area contributed by atoms with Gasteiger partial charge in [0.1, 0.15) is 0 Å². The lowest BCUT2D eigenvalue weighted by atomic mass is 10.1. The van der Waals surface area contributed by atoms with E-state index in [-0.39, 0.29) is 11.9 Å². The summed E-state index contributed by atoms with van der Waals surface area (Å²) in [6, 6.07) is 11.3. The number of aryl methyl sites for hydroxylation is 1. The number of guanidine groups is 2. The minimum absolute atomic E-state index is 0.00282. The number of aromatic nitrogens is 3. The second kappa shape index (κ2) is 5.76. The molecule has 0 aliphatic heterocycles. The van der Waals surface area contributed by atoms with E-state index < -0.39 is 0 Å². The van der Waals surface area contributed by atoms with Gasteiger partial charge >= 0.3 is 0 Å². The first-order valence-corrected chi connectivity index (χ1v) is 6.88. The number of fused-ring (bicyclic) bond motifs is 1. The normalized spacial score (nSPS) is 11.6. The number of hydrogen-bond donors (Lipinski definition) is 3. The SMILES string of the molecule is Cc1cc2nccc(-c3cccc(N=C(N)N=C(N)N)c3)n2n1. The van der Waals surface area contributed by atoms with Crippen LogP contribution in [0.3, 0.4) is 0 Å². The summed E-state index contributed by atoms with van der Waals surface area (Å²) in [5.74, 6) is -0.137. The van der Waals surface area contributed by atoms with Gasteiger partial charge in [0.15, 0.2) is 11.6 Å². The molecule has 0 spiro atoms. The molecule has 0 aliphatic rings. The van der Waals surface area contributed by atoms with Gasteiger partial charge in [0.05, 0.1) is 17.1 Å². The Hall–Kier alpha value is -3.42. The molecule has 0 saturated heterocycles. The molecule has 0 fully saturated rings. The van der Waals surface area contributed by atoms with Gasteiger partial charge in [-0.05, 0) is 25.1 Å². The summed E-state index contributed by atoms with van der Waals surface area (Å²) < 4.78 is 1.79. The maximum absolute atomic E-state index is 5.66. The highest BCUT2D eigenvalue weighted by molar-refractivity contribution is 5.93. The Bertz CT molecular complexity index is 918. The maximum Gasteiger partial charge on any atom is 0.223 e. The average molecular weight is 308 g/mol. The lowest BCUT2D eigenvalue weighted by molar-refractivity contribution is 0.925. The van der Waals surface area contributed by atoms with E-state index in [4.69, 9.17) is 17.2 Å². The summed E-state index contributed by atoms with van der Waals surface area (Å²) in [5.41, 5.74) is 20.4. The van der Waals surface area contributed by atoms with Gasteiger partial charge in [-0.15, -0.1) is 0 Å². The van der Waals surface area contributed by atoms with Crippen LogP contribution in [0.15, 0.2) is 52.6 Å². The van der Waals surface area contributed by atoms with E-state index in [0.717, 1.165) is 22.6 Å². The van der Waals surface area contributed by atoms with Gasteiger partial charge in [0.2, 0.25) is 5.96 Å². The molecule has 23 heavy (non-hydrogen) atoms. The van der Waals surface area contributed by atoms with Crippen molar-refractivity contribution in [3.63, 3.8) is 0 Å². The van der Waals surface area contributed by atoms with Crippen molar-refractivity contribution in [3.8, 4) is 11.3 Å². The van der Waals surface area contributed by atoms with E-state index in [9.17, 15) is 0 Å². The van der Waals surface area contributed by atoms with Gasteiger partial charge < -0.3 is 17.2 Å². The van der Waals surface area contributed by atoms with E-state index in [1.165, 1.54) is 0 Å². The predicted molar refractivity (Wildman–Crippen MR) is 90.3 cm³/mol. The van der Waals surface area contributed by atoms with Gasteiger partial charge in [-0.3, -0.25) is 0 Å². The van der Waals surface area contributed by atoms with Crippen molar-refractivity contribution in [2.75, 3.05) is 0 Å². The minimum Gasteiger partial charge on any atom is -0.370 e. The molecular weight excluding hydrogens is 292 g/mol. The first-order chi connectivity index (χ1) is 11.0. The van der Waals surface area contributed by atoms with Crippen molar-refractivity contribution in [1.82, 2.24) is 14.6 Å². The van der Waals surface area contributed by atoms with Crippen LogP contribution in [0.2, 0.25) is 0 Å². The zero-order chi connectivity index (χ0) is 16.4. The lowest BCUT2D eigenvalue weighted by Gasteiger charge is -2.05. The maximum atomic E-state index is 5.66. The molecule has 2 heterocycles. The molecule has 0 saturated carbocycles. The Morgan fingerprint density at radius 3 is 2.74 bits per heavy atom.